The van der Waals surface area contributed by atoms with Gasteiger partial charge in [0.25, 0.3) is 0 Å². The lowest BCUT2D eigenvalue weighted by atomic mass is 9.85. The zero-order valence-corrected chi connectivity index (χ0v) is 21.8. The van der Waals surface area contributed by atoms with Gasteiger partial charge in [0.2, 0.25) is 5.91 Å². The number of nitrogens with one attached hydrogen (secondary N) is 1. The van der Waals surface area contributed by atoms with Gasteiger partial charge in [0, 0.05) is 31.9 Å². The number of imidazole rings is 1. The number of rotatable bonds is 7. The minimum absolute atomic E-state index is 0.182. The highest BCUT2D eigenvalue weighted by molar-refractivity contribution is 5.91. The summed E-state index contributed by atoms with van der Waals surface area (Å²) in [6.45, 7) is 2.06. The maximum atomic E-state index is 14.6. The molecule has 5 rings (SSSR count). The van der Waals surface area contributed by atoms with E-state index < -0.39 is 24.0 Å². The number of carboxylic acid groups (broad SMARTS) is 1. The van der Waals surface area contributed by atoms with Crippen LogP contribution in [0.25, 0.3) is 0 Å². The number of carboxylic acids is 1. The van der Waals surface area contributed by atoms with Crippen molar-refractivity contribution in [2.75, 3.05) is 19.0 Å². The summed E-state index contributed by atoms with van der Waals surface area (Å²) >= 11 is 0. The Hall–Kier alpha value is -4.39. The van der Waals surface area contributed by atoms with Crippen molar-refractivity contribution in [2.45, 2.75) is 37.8 Å². The zero-order chi connectivity index (χ0) is 26.8. The third-order valence-corrected chi connectivity index (χ3v) is 7.36. The number of aryl methyl sites for hydroxylation is 1. The van der Waals surface area contributed by atoms with E-state index in [0.29, 0.717) is 6.42 Å². The third kappa shape index (κ3) is 4.79. The minimum atomic E-state index is -1.03. The molecule has 2 unspecified atom stereocenters. The molecule has 7 nitrogen and oxygen atoms in total. The van der Waals surface area contributed by atoms with Gasteiger partial charge in [0.05, 0.1) is 24.0 Å². The van der Waals surface area contributed by atoms with Crippen LogP contribution in [0.4, 0.5) is 5.69 Å². The number of nitrogens with zero attached hydrogens (tertiary/aromatic N) is 3. The molecule has 1 amide bonds. The van der Waals surface area contributed by atoms with Gasteiger partial charge in [0.1, 0.15) is 6.04 Å². The first-order chi connectivity index (χ1) is 18.3. The molecule has 2 heterocycles. The summed E-state index contributed by atoms with van der Waals surface area (Å²) in [6, 6.07) is 23.8. The zero-order valence-electron chi connectivity index (χ0n) is 21.8. The lowest BCUT2D eigenvalue weighted by Gasteiger charge is -2.41. The van der Waals surface area contributed by atoms with Crippen molar-refractivity contribution in [3.05, 3.63) is 119 Å². The highest BCUT2D eigenvalue weighted by Crippen LogP contribution is 2.38. The number of anilines is 1. The number of H-pyrrole nitrogens is 1. The summed E-state index contributed by atoms with van der Waals surface area (Å²) in [5.74, 6) is -1.90. The van der Waals surface area contributed by atoms with Crippen LogP contribution in [-0.2, 0) is 22.4 Å². The van der Waals surface area contributed by atoms with Crippen LogP contribution in [0.15, 0.2) is 85.2 Å². The first-order valence-corrected chi connectivity index (χ1v) is 12.8. The number of hydrogen-bond acceptors (Lipinski definition) is 4. The van der Waals surface area contributed by atoms with E-state index in [0.717, 1.165) is 39.3 Å². The topological polar surface area (TPSA) is 89.5 Å². The van der Waals surface area contributed by atoms with Crippen LogP contribution in [0.2, 0.25) is 0 Å². The van der Waals surface area contributed by atoms with Gasteiger partial charge in [-0.15, -0.1) is 0 Å². The average molecular weight is 509 g/mol. The number of hydrogen-bond donors (Lipinski definition) is 2. The quantitative estimate of drug-likeness (QED) is 0.377. The summed E-state index contributed by atoms with van der Waals surface area (Å²) in [6.07, 6.45) is 2.23. The molecule has 1 aromatic heterocycles. The second kappa shape index (κ2) is 10.5. The molecular formula is C31H32N4O3. The van der Waals surface area contributed by atoms with Crippen LogP contribution >= 0.6 is 0 Å². The standard InChI is InChI=1S/C31H32N4O3/c1-20-16-21(14-15-25(20)34(2)3)17-26-29-24(32-19-33-29)18-27(31(37)38)35(26)30(36)28(22-10-6-4-7-11-22)23-12-8-5-9-13-23/h4-16,19,26-28H,17-18H2,1-3H3,(H,32,33)(H,37,38). The molecule has 0 saturated heterocycles. The number of aliphatic carboxylic acids is 1. The first kappa shape index (κ1) is 25.3. The fourth-order valence-electron chi connectivity index (χ4n) is 5.62. The average Bonchev–Trinajstić information content (AvgIpc) is 3.38. The molecule has 0 radical (unpaired) electrons. The van der Waals surface area contributed by atoms with Crippen molar-refractivity contribution in [2.24, 2.45) is 0 Å². The van der Waals surface area contributed by atoms with Gasteiger partial charge in [-0.3, -0.25) is 4.79 Å². The van der Waals surface area contributed by atoms with E-state index in [9.17, 15) is 14.7 Å². The highest BCUT2D eigenvalue weighted by Gasteiger charge is 2.45. The van der Waals surface area contributed by atoms with Crippen molar-refractivity contribution in [1.82, 2.24) is 14.9 Å². The van der Waals surface area contributed by atoms with Gasteiger partial charge in [0.15, 0.2) is 0 Å². The Labute approximate surface area is 222 Å². The summed E-state index contributed by atoms with van der Waals surface area (Å²) in [5, 5.41) is 10.3. The maximum absolute atomic E-state index is 14.6. The molecule has 1 aliphatic heterocycles. The molecule has 7 heteroatoms. The second-order valence-electron chi connectivity index (χ2n) is 10.1. The van der Waals surface area contributed by atoms with Gasteiger partial charge in [-0.25, -0.2) is 9.78 Å². The number of fused-ring (bicyclic) bond motifs is 1. The summed E-state index contributed by atoms with van der Waals surface area (Å²) in [4.78, 5) is 38.6. The van der Waals surface area contributed by atoms with E-state index in [2.05, 4.69) is 33.9 Å². The fourth-order valence-corrected chi connectivity index (χ4v) is 5.62. The van der Waals surface area contributed by atoms with Crippen LogP contribution < -0.4 is 4.90 Å². The van der Waals surface area contributed by atoms with Gasteiger partial charge in [-0.1, -0.05) is 72.8 Å². The molecule has 2 atom stereocenters. The fraction of sp³-hybridized carbons (Fsp3) is 0.258. The Morgan fingerprint density at radius 3 is 2.21 bits per heavy atom. The summed E-state index contributed by atoms with van der Waals surface area (Å²) < 4.78 is 0. The van der Waals surface area contributed by atoms with Crippen LogP contribution in [0.1, 0.15) is 45.6 Å². The SMILES string of the molecule is Cc1cc(CC2c3nc[nH]c3CC(C(=O)O)N2C(=O)C(c2ccccc2)c2ccccc2)ccc1N(C)C. The van der Waals surface area contributed by atoms with E-state index in [4.69, 9.17) is 0 Å². The van der Waals surface area contributed by atoms with Gasteiger partial charge in [-0.05, 0) is 41.7 Å². The Bertz CT molecular complexity index is 1390. The molecule has 4 aromatic rings. The molecule has 0 fully saturated rings. The van der Waals surface area contributed by atoms with E-state index in [-0.39, 0.29) is 12.3 Å². The Morgan fingerprint density at radius 2 is 1.66 bits per heavy atom. The van der Waals surface area contributed by atoms with Crippen molar-refractivity contribution >= 4 is 17.6 Å². The Kier molecular flexibility index (Phi) is 7.01. The molecule has 0 aliphatic carbocycles. The number of carbonyl (C=O) groups excluding carboxylic acids is 1. The second-order valence-corrected chi connectivity index (χ2v) is 10.1. The Morgan fingerprint density at radius 1 is 1.03 bits per heavy atom. The van der Waals surface area contributed by atoms with E-state index in [1.165, 1.54) is 0 Å². The van der Waals surface area contributed by atoms with E-state index in [1.807, 2.05) is 80.8 Å². The number of aromatic amines is 1. The highest BCUT2D eigenvalue weighted by atomic mass is 16.4. The third-order valence-electron chi connectivity index (χ3n) is 7.36. The van der Waals surface area contributed by atoms with Crippen molar-refractivity contribution < 1.29 is 14.7 Å². The largest absolute Gasteiger partial charge is 0.480 e. The van der Waals surface area contributed by atoms with Crippen LogP contribution in [0, 0.1) is 6.92 Å². The van der Waals surface area contributed by atoms with Crippen LogP contribution in [0.5, 0.6) is 0 Å². The molecule has 3 aromatic carbocycles. The normalized spacial score (nSPS) is 16.8. The molecule has 0 saturated carbocycles. The monoisotopic (exact) mass is 508 g/mol. The summed E-state index contributed by atoms with van der Waals surface area (Å²) in [5.41, 5.74) is 6.39. The van der Waals surface area contributed by atoms with Crippen molar-refractivity contribution in [3.63, 3.8) is 0 Å². The molecular weight excluding hydrogens is 476 g/mol. The molecule has 0 bridgehead atoms. The van der Waals surface area contributed by atoms with Crippen LogP contribution in [0.3, 0.4) is 0 Å². The van der Waals surface area contributed by atoms with Gasteiger partial charge < -0.3 is 19.9 Å². The van der Waals surface area contributed by atoms with Gasteiger partial charge >= 0.3 is 5.97 Å². The lowest BCUT2D eigenvalue weighted by molar-refractivity contribution is -0.154. The number of benzene rings is 3. The van der Waals surface area contributed by atoms with Gasteiger partial charge in [-0.2, -0.15) is 0 Å². The molecule has 0 spiro atoms. The van der Waals surface area contributed by atoms with E-state index >= 15 is 0 Å². The Balaban J connectivity index is 1.62. The number of aromatic nitrogens is 2. The first-order valence-electron chi connectivity index (χ1n) is 12.8. The molecule has 194 valence electrons. The number of carbonyl (C=O) groups is 2. The maximum Gasteiger partial charge on any atom is 0.326 e. The molecule has 38 heavy (non-hydrogen) atoms. The molecule has 2 N–H and O–H groups in total. The summed E-state index contributed by atoms with van der Waals surface area (Å²) in [7, 11) is 4.01. The van der Waals surface area contributed by atoms with Crippen molar-refractivity contribution in [3.8, 4) is 0 Å². The number of amides is 1. The van der Waals surface area contributed by atoms with Crippen LogP contribution in [-0.4, -0.2) is 52.0 Å². The predicted octanol–water partition coefficient (Wildman–Crippen LogP) is 4.74. The van der Waals surface area contributed by atoms with Crippen molar-refractivity contribution in [1.29, 1.82) is 0 Å². The molecule has 1 aliphatic rings. The predicted molar refractivity (Wildman–Crippen MR) is 147 cm³/mol. The lowest BCUT2D eigenvalue weighted by Crippen LogP contribution is -2.53. The minimum Gasteiger partial charge on any atom is -0.480 e. The van der Waals surface area contributed by atoms with E-state index in [1.54, 1.807) is 11.2 Å². The smallest absolute Gasteiger partial charge is 0.326 e.